The number of halogens is 2. The Hall–Kier alpha value is -0.830. The van der Waals surface area contributed by atoms with Crippen molar-refractivity contribution in [2.75, 3.05) is 0 Å². The lowest BCUT2D eigenvalue weighted by atomic mass is 10.2. The first-order chi connectivity index (χ1) is 8.16. The molecule has 0 aromatic heterocycles. The minimum absolute atomic E-state index is 0.269. The van der Waals surface area contributed by atoms with Crippen LogP contribution in [0.2, 0.25) is 10.0 Å². The minimum atomic E-state index is 0.269. The highest BCUT2D eigenvalue weighted by Gasteiger charge is 2.05. The van der Waals surface area contributed by atoms with Crippen LogP contribution in [-0.2, 0) is 5.75 Å². The molecule has 88 valence electrons. The summed E-state index contributed by atoms with van der Waals surface area (Å²) < 4.78 is 0. The van der Waals surface area contributed by atoms with E-state index in [9.17, 15) is 5.11 Å². The van der Waals surface area contributed by atoms with E-state index in [1.165, 1.54) is 0 Å². The summed E-state index contributed by atoms with van der Waals surface area (Å²) in [7, 11) is 0. The molecular weight excluding hydrogens is 275 g/mol. The summed E-state index contributed by atoms with van der Waals surface area (Å²) in [6, 6.07) is 12.6. The molecule has 0 aliphatic carbocycles. The van der Waals surface area contributed by atoms with Crippen molar-refractivity contribution >= 4 is 35.0 Å². The van der Waals surface area contributed by atoms with Crippen molar-refractivity contribution in [3.05, 3.63) is 58.1 Å². The summed E-state index contributed by atoms with van der Waals surface area (Å²) in [5.74, 6) is 0.980. The molecule has 1 N–H and O–H groups in total. The molecule has 0 unspecified atom stereocenters. The number of benzene rings is 2. The normalized spacial score (nSPS) is 10.5. The lowest BCUT2D eigenvalue weighted by Gasteiger charge is -2.06. The molecule has 0 radical (unpaired) electrons. The number of hydrogen-bond donors (Lipinski definition) is 1. The Morgan fingerprint density at radius 2 is 1.53 bits per heavy atom. The van der Waals surface area contributed by atoms with Gasteiger partial charge in [0.05, 0.1) is 0 Å². The van der Waals surface area contributed by atoms with Crippen LogP contribution in [0.4, 0.5) is 0 Å². The Labute approximate surface area is 114 Å². The predicted octanol–water partition coefficient (Wildman–Crippen LogP) is 4.99. The number of phenols is 1. The second-order valence-corrected chi connectivity index (χ2v) is 5.35. The fourth-order valence-electron chi connectivity index (χ4n) is 1.37. The SMILES string of the molecule is Oc1ccc(SCc2c(Cl)cccc2Cl)cc1. The third-order valence-electron chi connectivity index (χ3n) is 2.28. The first-order valence-electron chi connectivity index (χ1n) is 5.01. The second kappa shape index (κ2) is 5.67. The van der Waals surface area contributed by atoms with Crippen LogP contribution in [-0.4, -0.2) is 5.11 Å². The maximum absolute atomic E-state index is 9.18. The molecule has 0 aliphatic rings. The van der Waals surface area contributed by atoms with Gasteiger partial charge in [-0.3, -0.25) is 0 Å². The summed E-state index contributed by atoms with van der Waals surface area (Å²) in [6.07, 6.45) is 0. The fourth-order valence-corrected chi connectivity index (χ4v) is 3.01. The Morgan fingerprint density at radius 1 is 0.941 bits per heavy atom. The van der Waals surface area contributed by atoms with Gasteiger partial charge in [0, 0.05) is 20.7 Å². The minimum Gasteiger partial charge on any atom is -0.508 e. The molecule has 4 heteroatoms. The van der Waals surface area contributed by atoms with Gasteiger partial charge in [0.15, 0.2) is 0 Å². The smallest absolute Gasteiger partial charge is 0.115 e. The summed E-state index contributed by atoms with van der Waals surface area (Å²) in [5.41, 5.74) is 0.939. The molecule has 0 saturated heterocycles. The van der Waals surface area contributed by atoms with E-state index in [4.69, 9.17) is 23.2 Å². The van der Waals surface area contributed by atoms with E-state index >= 15 is 0 Å². The van der Waals surface area contributed by atoms with E-state index < -0.39 is 0 Å². The highest BCUT2D eigenvalue weighted by Crippen LogP contribution is 2.31. The molecule has 0 fully saturated rings. The lowest BCUT2D eigenvalue weighted by molar-refractivity contribution is 0.475. The average molecular weight is 285 g/mol. The van der Waals surface area contributed by atoms with Crippen LogP contribution in [0.15, 0.2) is 47.4 Å². The first kappa shape index (κ1) is 12.6. The highest BCUT2D eigenvalue weighted by atomic mass is 35.5. The van der Waals surface area contributed by atoms with Crippen molar-refractivity contribution in [2.45, 2.75) is 10.6 Å². The lowest BCUT2D eigenvalue weighted by Crippen LogP contribution is -1.84. The van der Waals surface area contributed by atoms with Gasteiger partial charge in [0.1, 0.15) is 5.75 Å². The van der Waals surface area contributed by atoms with Crippen LogP contribution in [0.1, 0.15) is 5.56 Å². The number of phenolic OH excluding ortho intramolecular Hbond substituents is 1. The summed E-state index contributed by atoms with van der Waals surface area (Å²) in [4.78, 5) is 1.07. The Kier molecular flexibility index (Phi) is 4.21. The van der Waals surface area contributed by atoms with Gasteiger partial charge >= 0.3 is 0 Å². The summed E-state index contributed by atoms with van der Waals surface area (Å²) in [6.45, 7) is 0. The largest absolute Gasteiger partial charge is 0.508 e. The molecule has 0 saturated carbocycles. The monoisotopic (exact) mass is 284 g/mol. The maximum Gasteiger partial charge on any atom is 0.115 e. The standard InChI is InChI=1S/C13H10Cl2OS/c14-12-2-1-3-13(15)11(12)8-17-10-6-4-9(16)5-7-10/h1-7,16H,8H2. The Morgan fingerprint density at radius 3 is 2.12 bits per heavy atom. The van der Waals surface area contributed by atoms with Crippen molar-refractivity contribution in [3.8, 4) is 5.75 Å². The fraction of sp³-hybridized carbons (Fsp3) is 0.0769. The van der Waals surface area contributed by atoms with Gasteiger partial charge < -0.3 is 5.11 Å². The molecule has 17 heavy (non-hydrogen) atoms. The van der Waals surface area contributed by atoms with Gasteiger partial charge in [0.25, 0.3) is 0 Å². The third-order valence-corrected chi connectivity index (χ3v) is 4.03. The van der Waals surface area contributed by atoms with Crippen molar-refractivity contribution < 1.29 is 5.11 Å². The molecule has 2 aromatic carbocycles. The van der Waals surface area contributed by atoms with Gasteiger partial charge in [-0.05, 0) is 42.0 Å². The molecular formula is C13H10Cl2OS. The summed E-state index contributed by atoms with van der Waals surface area (Å²) in [5, 5.41) is 10.5. The number of hydrogen-bond acceptors (Lipinski definition) is 2. The van der Waals surface area contributed by atoms with Crippen LogP contribution >= 0.6 is 35.0 Å². The van der Waals surface area contributed by atoms with Gasteiger partial charge in [-0.1, -0.05) is 29.3 Å². The molecule has 2 aromatic rings. The average Bonchev–Trinajstić information content (AvgIpc) is 2.31. The third kappa shape index (κ3) is 3.32. The molecule has 0 aliphatic heterocycles. The van der Waals surface area contributed by atoms with E-state index in [1.807, 2.05) is 30.3 Å². The van der Waals surface area contributed by atoms with Crippen LogP contribution in [0.5, 0.6) is 5.75 Å². The van der Waals surface area contributed by atoms with E-state index in [-0.39, 0.29) is 5.75 Å². The van der Waals surface area contributed by atoms with E-state index in [1.54, 1.807) is 23.9 Å². The van der Waals surface area contributed by atoms with Crippen molar-refractivity contribution in [2.24, 2.45) is 0 Å². The van der Waals surface area contributed by atoms with Crippen molar-refractivity contribution in [1.82, 2.24) is 0 Å². The molecule has 2 rings (SSSR count). The van der Waals surface area contributed by atoms with Gasteiger partial charge in [-0.2, -0.15) is 0 Å². The van der Waals surface area contributed by atoms with Crippen molar-refractivity contribution in [3.63, 3.8) is 0 Å². The van der Waals surface area contributed by atoms with Gasteiger partial charge in [-0.15, -0.1) is 11.8 Å². The summed E-state index contributed by atoms with van der Waals surface area (Å²) >= 11 is 13.8. The first-order valence-corrected chi connectivity index (χ1v) is 6.75. The van der Waals surface area contributed by atoms with Crippen LogP contribution in [0, 0.1) is 0 Å². The Bertz CT molecular complexity index is 491. The van der Waals surface area contributed by atoms with Gasteiger partial charge in [-0.25, -0.2) is 0 Å². The van der Waals surface area contributed by atoms with Crippen LogP contribution < -0.4 is 0 Å². The second-order valence-electron chi connectivity index (χ2n) is 3.48. The predicted molar refractivity (Wildman–Crippen MR) is 74.1 cm³/mol. The molecule has 0 bridgehead atoms. The molecule has 1 nitrogen and oxygen atoms in total. The number of rotatable bonds is 3. The molecule has 0 amide bonds. The topological polar surface area (TPSA) is 20.2 Å². The van der Waals surface area contributed by atoms with Gasteiger partial charge in [0.2, 0.25) is 0 Å². The zero-order chi connectivity index (χ0) is 12.3. The van der Waals surface area contributed by atoms with Crippen LogP contribution in [0.25, 0.3) is 0 Å². The zero-order valence-electron chi connectivity index (χ0n) is 8.86. The van der Waals surface area contributed by atoms with Crippen molar-refractivity contribution in [1.29, 1.82) is 0 Å². The molecule has 0 heterocycles. The quantitative estimate of drug-likeness (QED) is 0.801. The Balaban J connectivity index is 2.10. The number of aromatic hydroxyl groups is 1. The van der Waals surface area contributed by atoms with Crippen LogP contribution in [0.3, 0.4) is 0 Å². The zero-order valence-corrected chi connectivity index (χ0v) is 11.2. The maximum atomic E-state index is 9.18. The molecule has 0 atom stereocenters. The highest BCUT2D eigenvalue weighted by molar-refractivity contribution is 7.98. The number of thioether (sulfide) groups is 1. The van der Waals surface area contributed by atoms with E-state index in [2.05, 4.69) is 0 Å². The van der Waals surface area contributed by atoms with E-state index in [0.717, 1.165) is 10.5 Å². The van der Waals surface area contributed by atoms with E-state index in [0.29, 0.717) is 15.8 Å². The molecule has 0 spiro atoms.